The molecule has 0 radical (unpaired) electrons. The number of hydrogen-bond donors (Lipinski definition) is 1. The first kappa shape index (κ1) is 21.4. The van der Waals surface area contributed by atoms with E-state index in [0.29, 0.717) is 29.3 Å². The molecule has 2 aromatic carbocycles. The van der Waals surface area contributed by atoms with Crippen LogP contribution in [0.2, 0.25) is 0 Å². The molecule has 0 fully saturated rings. The molecule has 1 amide bonds. The van der Waals surface area contributed by atoms with Gasteiger partial charge < -0.3 is 10.1 Å². The largest absolute Gasteiger partial charge is 0.494 e. The van der Waals surface area contributed by atoms with Crippen molar-refractivity contribution in [3.8, 4) is 5.75 Å². The van der Waals surface area contributed by atoms with Gasteiger partial charge in [0.2, 0.25) is 15.9 Å². The average Bonchev–Trinajstić information content (AvgIpc) is 2.64. The minimum atomic E-state index is -3.68. The molecule has 0 atom stereocenters. The lowest BCUT2D eigenvalue weighted by Crippen LogP contribution is -2.37. The Bertz CT molecular complexity index is 939. The van der Waals surface area contributed by atoms with Crippen LogP contribution in [0.3, 0.4) is 0 Å². The van der Waals surface area contributed by atoms with E-state index in [9.17, 15) is 18.0 Å². The van der Waals surface area contributed by atoms with Gasteiger partial charge in [-0.25, -0.2) is 8.42 Å². The number of Topliss-reactive ketones (excluding diaryl/α,β-unsaturated/α-hetero) is 1. The molecule has 0 saturated heterocycles. The molecule has 0 aromatic heterocycles. The van der Waals surface area contributed by atoms with Crippen molar-refractivity contribution in [3.05, 3.63) is 54.1 Å². The first-order chi connectivity index (χ1) is 13.2. The molecule has 1 N–H and O–H groups in total. The average molecular weight is 404 g/mol. The third kappa shape index (κ3) is 6.09. The molecule has 0 bridgehead atoms. The molecule has 0 heterocycles. The standard InChI is InChI=1S/C20H24N2O5S/c1-4-12-27-19-10-8-18(9-11-19)22(28(3,25)26)14-20(24)21-17-7-5-6-16(13-17)15(2)23/h5-11,13H,4,12,14H2,1-3H3,(H,21,24). The number of carbonyl (C=O) groups is 2. The van der Waals surface area contributed by atoms with Crippen molar-refractivity contribution in [2.75, 3.05) is 29.0 Å². The Morgan fingerprint density at radius 3 is 2.36 bits per heavy atom. The summed E-state index contributed by atoms with van der Waals surface area (Å²) < 4.78 is 30.9. The van der Waals surface area contributed by atoms with Crippen LogP contribution >= 0.6 is 0 Å². The molecule has 0 unspecified atom stereocenters. The fourth-order valence-corrected chi connectivity index (χ4v) is 3.33. The van der Waals surface area contributed by atoms with Crippen LogP contribution < -0.4 is 14.4 Å². The Kier molecular flexibility index (Phi) is 7.17. The number of nitrogens with zero attached hydrogens (tertiary/aromatic N) is 1. The normalized spacial score (nSPS) is 11.0. The van der Waals surface area contributed by atoms with Crippen molar-refractivity contribution >= 4 is 33.1 Å². The van der Waals surface area contributed by atoms with E-state index in [1.54, 1.807) is 48.5 Å². The van der Waals surface area contributed by atoms with E-state index in [1.165, 1.54) is 6.92 Å². The highest BCUT2D eigenvalue weighted by atomic mass is 32.2. The van der Waals surface area contributed by atoms with Crippen LogP contribution in [0.25, 0.3) is 0 Å². The summed E-state index contributed by atoms with van der Waals surface area (Å²) >= 11 is 0. The van der Waals surface area contributed by atoms with Crippen LogP contribution in [0.1, 0.15) is 30.6 Å². The van der Waals surface area contributed by atoms with Gasteiger partial charge in [0.1, 0.15) is 12.3 Å². The first-order valence-electron chi connectivity index (χ1n) is 8.82. The van der Waals surface area contributed by atoms with E-state index >= 15 is 0 Å². The molecule has 150 valence electrons. The number of anilines is 2. The van der Waals surface area contributed by atoms with Crippen molar-refractivity contribution in [1.82, 2.24) is 0 Å². The molecule has 0 saturated carbocycles. The van der Waals surface area contributed by atoms with E-state index in [4.69, 9.17) is 4.74 Å². The summed E-state index contributed by atoms with van der Waals surface area (Å²) in [5.74, 6) is -0.0127. The quantitative estimate of drug-likeness (QED) is 0.649. The highest BCUT2D eigenvalue weighted by Gasteiger charge is 2.21. The number of nitrogens with one attached hydrogen (secondary N) is 1. The van der Waals surface area contributed by atoms with Crippen LogP contribution in [0.15, 0.2) is 48.5 Å². The van der Waals surface area contributed by atoms with Gasteiger partial charge in [-0.2, -0.15) is 0 Å². The zero-order valence-electron chi connectivity index (χ0n) is 16.1. The maximum atomic E-state index is 12.4. The van der Waals surface area contributed by atoms with Crippen molar-refractivity contribution in [2.45, 2.75) is 20.3 Å². The summed E-state index contributed by atoms with van der Waals surface area (Å²) in [6.45, 7) is 3.60. The zero-order valence-corrected chi connectivity index (χ0v) is 17.0. The predicted molar refractivity (Wildman–Crippen MR) is 109 cm³/mol. The Labute approximate surface area is 165 Å². The number of benzene rings is 2. The van der Waals surface area contributed by atoms with Crippen LogP contribution in [0.5, 0.6) is 5.75 Å². The van der Waals surface area contributed by atoms with E-state index in [0.717, 1.165) is 17.0 Å². The van der Waals surface area contributed by atoms with Crippen LogP contribution in [0, 0.1) is 0 Å². The number of ether oxygens (including phenoxy) is 1. The van der Waals surface area contributed by atoms with Gasteiger partial charge in [0.15, 0.2) is 5.78 Å². The summed E-state index contributed by atoms with van der Waals surface area (Å²) in [6, 6.07) is 13.0. The number of rotatable bonds is 9. The summed E-state index contributed by atoms with van der Waals surface area (Å²) in [5, 5.41) is 2.63. The Balaban J connectivity index is 2.15. The second-order valence-electron chi connectivity index (χ2n) is 6.30. The summed E-state index contributed by atoms with van der Waals surface area (Å²) in [5.41, 5.74) is 1.24. The number of ketones is 1. The number of hydrogen-bond acceptors (Lipinski definition) is 5. The lowest BCUT2D eigenvalue weighted by atomic mass is 10.1. The summed E-state index contributed by atoms with van der Waals surface area (Å²) in [6.07, 6.45) is 1.90. The third-order valence-corrected chi connectivity index (χ3v) is 4.98. The van der Waals surface area contributed by atoms with Gasteiger partial charge in [0, 0.05) is 11.3 Å². The van der Waals surface area contributed by atoms with Gasteiger partial charge in [-0.05, 0) is 49.7 Å². The molecule has 0 aliphatic carbocycles. The van der Waals surface area contributed by atoms with Crippen molar-refractivity contribution in [1.29, 1.82) is 0 Å². The molecule has 0 aliphatic heterocycles. The Morgan fingerprint density at radius 2 is 1.79 bits per heavy atom. The highest BCUT2D eigenvalue weighted by Crippen LogP contribution is 2.22. The van der Waals surface area contributed by atoms with Gasteiger partial charge in [0.05, 0.1) is 18.6 Å². The third-order valence-electron chi connectivity index (χ3n) is 3.84. The van der Waals surface area contributed by atoms with E-state index in [1.807, 2.05) is 6.92 Å². The van der Waals surface area contributed by atoms with Gasteiger partial charge in [-0.1, -0.05) is 19.1 Å². The molecule has 8 heteroatoms. The zero-order chi connectivity index (χ0) is 20.7. The molecule has 7 nitrogen and oxygen atoms in total. The van der Waals surface area contributed by atoms with E-state index in [2.05, 4.69) is 5.32 Å². The monoisotopic (exact) mass is 404 g/mol. The van der Waals surface area contributed by atoms with Crippen molar-refractivity contribution < 1.29 is 22.7 Å². The SMILES string of the molecule is CCCOc1ccc(N(CC(=O)Nc2cccc(C(C)=O)c2)S(C)(=O)=O)cc1. The maximum absolute atomic E-state index is 12.4. The fourth-order valence-electron chi connectivity index (χ4n) is 2.48. The lowest BCUT2D eigenvalue weighted by molar-refractivity contribution is -0.114. The second-order valence-corrected chi connectivity index (χ2v) is 8.20. The molecule has 2 aromatic rings. The minimum absolute atomic E-state index is 0.126. The maximum Gasteiger partial charge on any atom is 0.245 e. The number of carbonyl (C=O) groups excluding carboxylic acids is 2. The summed E-state index contributed by atoms with van der Waals surface area (Å²) in [4.78, 5) is 23.9. The molecule has 2 rings (SSSR count). The van der Waals surface area contributed by atoms with Crippen LogP contribution in [-0.2, 0) is 14.8 Å². The molecular formula is C20H24N2O5S. The minimum Gasteiger partial charge on any atom is -0.494 e. The number of sulfonamides is 1. The Hall–Kier alpha value is -2.87. The van der Waals surface area contributed by atoms with Crippen molar-refractivity contribution in [3.63, 3.8) is 0 Å². The van der Waals surface area contributed by atoms with Gasteiger partial charge in [0.25, 0.3) is 0 Å². The van der Waals surface area contributed by atoms with Gasteiger partial charge in [-0.3, -0.25) is 13.9 Å². The van der Waals surface area contributed by atoms with Crippen LogP contribution in [0.4, 0.5) is 11.4 Å². The van der Waals surface area contributed by atoms with Gasteiger partial charge in [-0.15, -0.1) is 0 Å². The molecule has 28 heavy (non-hydrogen) atoms. The van der Waals surface area contributed by atoms with Gasteiger partial charge >= 0.3 is 0 Å². The first-order valence-corrected chi connectivity index (χ1v) is 10.7. The number of amides is 1. The molecular weight excluding hydrogens is 380 g/mol. The predicted octanol–water partition coefficient (Wildman–Crippen LogP) is 3.08. The second kappa shape index (κ2) is 9.36. The molecule has 0 spiro atoms. The van der Waals surface area contributed by atoms with Crippen LogP contribution in [-0.4, -0.2) is 39.5 Å². The topological polar surface area (TPSA) is 92.8 Å². The van der Waals surface area contributed by atoms with Crippen molar-refractivity contribution in [2.24, 2.45) is 0 Å². The highest BCUT2D eigenvalue weighted by molar-refractivity contribution is 7.92. The lowest BCUT2D eigenvalue weighted by Gasteiger charge is -2.22. The summed E-state index contributed by atoms with van der Waals surface area (Å²) in [7, 11) is -3.68. The van der Waals surface area contributed by atoms with E-state index < -0.39 is 22.5 Å². The Morgan fingerprint density at radius 1 is 1.11 bits per heavy atom. The fraction of sp³-hybridized carbons (Fsp3) is 0.300. The molecule has 0 aliphatic rings. The van der Waals surface area contributed by atoms with E-state index in [-0.39, 0.29) is 5.78 Å². The smallest absolute Gasteiger partial charge is 0.245 e.